The monoisotopic (exact) mass is 473 g/mol. The second-order valence-corrected chi connectivity index (χ2v) is 9.71. The summed E-state index contributed by atoms with van der Waals surface area (Å²) in [5, 5.41) is 2.77. The van der Waals surface area contributed by atoms with Crippen LogP contribution in [0.25, 0.3) is 0 Å². The Morgan fingerprint density at radius 3 is 2.47 bits per heavy atom. The Bertz CT molecular complexity index is 764. The van der Waals surface area contributed by atoms with Crippen molar-refractivity contribution in [2.24, 2.45) is 0 Å². The molecule has 8 heteroatoms. The number of hydrogen-bond donors (Lipinski definition) is 1. The van der Waals surface area contributed by atoms with Gasteiger partial charge in [-0.3, -0.25) is 14.5 Å². The van der Waals surface area contributed by atoms with Crippen LogP contribution in [0.1, 0.15) is 39.0 Å². The lowest BCUT2D eigenvalue weighted by molar-refractivity contribution is -0.143. The molecule has 0 aliphatic carbocycles. The summed E-state index contributed by atoms with van der Waals surface area (Å²) < 4.78 is 5.84. The average molecular weight is 474 g/mol. The van der Waals surface area contributed by atoms with E-state index >= 15 is 0 Å². The first-order chi connectivity index (χ1) is 16.5. The topological polar surface area (TPSA) is 68.4 Å². The molecule has 1 atom stereocenters. The van der Waals surface area contributed by atoms with Crippen LogP contribution in [-0.2, 0) is 9.59 Å². The maximum absolute atomic E-state index is 13.0. The minimum atomic E-state index is -0.584. The highest BCUT2D eigenvalue weighted by Crippen LogP contribution is 2.19. The number of rotatable bonds is 12. The van der Waals surface area contributed by atoms with Gasteiger partial charge in [0.1, 0.15) is 5.75 Å². The number of hydrogen-bond acceptors (Lipinski definition) is 6. The third-order valence-electron chi connectivity index (χ3n) is 6.83. The summed E-state index contributed by atoms with van der Waals surface area (Å²) in [6.45, 7) is 10.2. The molecule has 2 saturated heterocycles. The summed E-state index contributed by atoms with van der Waals surface area (Å²) in [7, 11) is 3.96. The molecular formula is C26H43N5O3. The zero-order valence-electron chi connectivity index (χ0n) is 21.3. The number of amides is 2. The molecule has 1 N–H and O–H groups in total. The first kappa shape index (κ1) is 26.4. The fourth-order valence-electron chi connectivity index (χ4n) is 4.82. The number of likely N-dealkylation sites (tertiary alicyclic amines) is 2. The maximum atomic E-state index is 13.0. The van der Waals surface area contributed by atoms with Gasteiger partial charge in [-0.2, -0.15) is 0 Å². The molecular weight excluding hydrogens is 430 g/mol. The van der Waals surface area contributed by atoms with Crippen molar-refractivity contribution in [2.75, 3.05) is 78.4 Å². The molecule has 34 heavy (non-hydrogen) atoms. The quantitative estimate of drug-likeness (QED) is 0.371. The van der Waals surface area contributed by atoms with Gasteiger partial charge >= 0.3 is 11.8 Å². The second-order valence-electron chi connectivity index (χ2n) is 9.71. The zero-order chi connectivity index (χ0) is 24.3. The van der Waals surface area contributed by atoms with Crippen LogP contribution in [0.4, 0.5) is 5.69 Å². The van der Waals surface area contributed by atoms with E-state index in [4.69, 9.17) is 4.74 Å². The molecule has 3 rings (SSSR count). The van der Waals surface area contributed by atoms with Crippen LogP contribution >= 0.6 is 0 Å². The van der Waals surface area contributed by atoms with E-state index in [2.05, 4.69) is 22.0 Å². The predicted octanol–water partition coefficient (Wildman–Crippen LogP) is 2.36. The van der Waals surface area contributed by atoms with Gasteiger partial charge in [-0.15, -0.1) is 0 Å². The molecule has 2 heterocycles. The van der Waals surface area contributed by atoms with E-state index < -0.39 is 11.8 Å². The Labute approximate surface area is 205 Å². The third-order valence-corrected chi connectivity index (χ3v) is 6.83. The molecule has 0 bridgehead atoms. The minimum Gasteiger partial charge on any atom is -0.494 e. The van der Waals surface area contributed by atoms with Gasteiger partial charge in [-0.25, -0.2) is 0 Å². The van der Waals surface area contributed by atoms with Gasteiger partial charge in [-0.05, 0) is 96.6 Å². The van der Waals surface area contributed by atoms with E-state index in [-0.39, 0.29) is 0 Å². The van der Waals surface area contributed by atoms with Gasteiger partial charge in [0.15, 0.2) is 0 Å². The summed E-state index contributed by atoms with van der Waals surface area (Å²) in [4.78, 5) is 34.5. The molecule has 1 aromatic carbocycles. The van der Waals surface area contributed by atoms with Crippen molar-refractivity contribution in [1.29, 1.82) is 0 Å². The van der Waals surface area contributed by atoms with Crippen molar-refractivity contribution < 1.29 is 14.3 Å². The SMILES string of the molecule is CCN1CCCC1CN(CCN(C)C)C(=O)C(=O)Nc1ccc(OCCCN2CCCC2)cc1. The highest BCUT2D eigenvalue weighted by Gasteiger charge is 2.29. The summed E-state index contributed by atoms with van der Waals surface area (Å²) in [5.74, 6) is -0.273. The van der Waals surface area contributed by atoms with Gasteiger partial charge in [0, 0.05) is 37.9 Å². The van der Waals surface area contributed by atoms with E-state index in [1.54, 1.807) is 17.0 Å². The summed E-state index contributed by atoms with van der Waals surface area (Å²) in [6, 6.07) is 7.60. The number of carbonyl (C=O) groups is 2. The van der Waals surface area contributed by atoms with Crippen molar-refractivity contribution in [2.45, 2.75) is 45.1 Å². The number of nitrogens with zero attached hydrogens (tertiary/aromatic N) is 4. The van der Waals surface area contributed by atoms with Crippen LogP contribution in [0.3, 0.4) is 0 Å². The molecule has 1 aromatic rings. The first-order valence-corrected chi connectivity index (χ1v) is 12.9. The largest absolute Gasteiger partial charge is 0.494 e. The summed E-state index contributed by atoms with van der Waals surface area (Å²) in [5.41, 5.74) is 0.603. The Hall–Kier alpha value is -2.16. The van der Waals surface area contributed by atoms with Crippen molar-refractivity contribution in [3.05, 3.63) is 24.3 Å². The molecule has 0 radical (unpaired) electrons. The molecule has 190 valence electrons. The number of carbonyl (C=O) groups excluding carboxylic acids is 2. The van der Waals surface area contributed by atoms with Crippen molar-refractivity contribution in [3.63, 3.8) is 0 Å². The Morgan fingerprint density at radius 2 is 1.79 bits per heavy atom. The van der Waals surface area contributed by atoms with Crippen LogP contribution in [0.15, 0.2) is 24.3 Å². The Kier molecular flexibility index (Phi) is 10.6. The van der Waals surface area contributed by atoms with Gasteiger partial charge in [-0.1, -0.05) is 6.92 Å². The Morgan fingerprint density at radius 1 is 1.06 bits per heavy atom. The van der Waals surface area contributed by atoms with Gasteiger partial charge in [0.05, 0.1) is 6.61 Å². The zero-order valence-corrected chi connectivity index (χ0v) is 21.3. The van der Waals surface area contributed by atoms with Crippen molar-refractivity contribution >= 4 is 17.5 Å². The van der Waals surface area contributed by atoms with Crippen molar-refractivity contribution in [1.82, 2.24) is 19.6 Å². The van der Waals surface area contributed by atoms with Crippen LogP contribution in [-0.4, -0.2) is 111 Å². The van der Waals surface area contributed by atoms with E-state index in [1.165, 1.54) is 25.9 Å². The fraction of sp³-hybridized carbons (Fsp3) is 0.692. The maximum Gasteiger partial charge on any atom is 0.313 e. The lowest BCUT2D eigenvalue weighted by atomic mass is 10.2. The molecule has 0 saturated carbocycles. The van der Waals surface area contributed by atoms with Crippen LogP contribution in [0.2, 0.25) is 0 Å². The molecule has 0 spiro atoms. The van der Waals surface area contributed by atoms with Gasteiger partial charge in [0.25, 0.3) is 0 Å². The van der Waals surface area contributed by atoms with Crippen LogP contribution in [0, 0.1) is 0 Å². The highest BCUT2D eigenvalue weighted by molar-refractivity contribution is 6.39. The predicted molar refractivity (Wildman–Crippen MR) is 136 cm³/mol. The van der Waals surface area contributed by atoms with Crippen LogP contribution < -0.4 is 10.1 Å². The lowest BCUT2D eigenvalue weighted by Gasteiger charge is -2.30. The molecule has 8 nitrogen and oxygen atoms in total. The number of ether oxygens (including phenoxy) is 1. The Balaban J connectivity index is 1.48. The number of anilines is 1. The number of nitrogens with one attached hydrogen (secondary N) is 1. The molecule has 2 aliphatic rings. The lowest BCUT2D eigenvalue weighted by Crippen LogP contribution is -2.48. The number of likely N-dealkylation sites (N-methyl/N-ethyl adjacent to an activating group) is 2. The third kappa shape index (κ3) is 8.25. The number of benzene rings is 1. The second kappa shape index (κ2) is 13.7. The molecule has 1 unspecified atom stereocenters. The van der Waals surface area contributed by atoms with E-state index in [9.17, 15) is 9.59 Å². The summed E-state index contributed by atoms with van der Waals surface area (Å²) in [6.07, 6.45) is 5.84. The van der Waals surface area contributed by atoms with E-state index in [0.29, 0.717) is 31.4 Å². The normalized spacial score (nSPS) is 19.0. The molecule has 2 amide bonds. The molecule has 2 fully saturated rings. The van der Waals surface area contributed by atoms with E-state index in [1.807, 2.05) is 31.1 Å². The smallest absolute Gasteiger partial charge is 0.313 e. The fourth-order valence-corrected chi connectivity index (χ4v) is 4.82. The minimum absolute atomic E-state index is 0.325. The van der Waals surface area contributed by atoms with E-state index in [0.717, 1.165) is 51.2 Å². The average Bonchev–Trinajstić information content (AvgIpc) is 3.51. The molecule has 0 aromatic heterocycles. The van der Waals surface area contributed by atoms with Gasteiger partial charge in [0.2, 0.25) is 0 Å². The van der Waals surface area contributed by atoms with Gasteiger partial charge < -0.3 is 24.8 Å². The standard InChI is InChI=1S/C26H43N5O3/c1-4-30-17-7-9-23(30)21-31(19-18-28(2)3)26(33)25(32)27-22-10-12-24(13-11-22)34-20-8-16-29-14-5-6-15-29/h10-13,23H,4-9,14-21H2,1-3H3,(H,27,32). The van der Waals surface area contributed by atoms with Crippen molar-refractivity contribution in [3.8, 4) is 5.75 Å². The first-order valence-electron chi connectivity index (χ1n) is 12.9. The van der Waals surface area contributed by atoms with Crippen LogP contribution in [0.5, 0.6) is 5.75 Å². The molecule has 2 aliphatic heterocycles. The summed E-state index contributed by atoms with van der Waals surface area (Å²) >= 11 is 0. The highest BCUT2D eigenvalue weighted by atomic mass is 16.5.